The van der Waals surface area contributed by atoms with Gasteiger partial charge < -0.3 is 0 Å². The molecule has 0 N–H and O–H groups in total. The van der Waals surface area contributed by atoms with Crippen LogP contribution >= 0.6 is 22.6 Å². The number of halogens is 1. The van der Waals surface area contributed by atoms with Crippen LogP contribution in [-0.2, 0) is 0 Å². The minimum atomic E-state index is 0.820. The lowest BCUT2D eigenvalue weighted by Gasteiger charge is -2.03. The highest BCUT2D eigenvalue weighted by Crippen LogP contribution is 2.49. The van der Waals surface area contributed by atoms with Gasteiger partial charge in [-0.3, -0.25) is 0 Å². The maximum atomic E-state index is 2.49. The van der Waals surface area contributed by atoms with Crippen molar-refractivity contribution in [1.29, 1.82) is 0 Å². The third-order valence-electron chi connectivity index (χ3n) is 1.99. The Kier molecular flexibility index (Phi) is 1.61. The van der Waals surface area contributed by atoms with E-state index in [9.17, 15) is 0 Å². The average molecular weight is 210 g/mol. The van der Waals surface area contributed by atoms with Crippen molar-refractivity contribution in [1.82, 2.24) is 0 Å². The highest BCUT2D eigenvalue weighted by molar-refractivity contribution is 14.1. The normalized spacial score (nSPS) is 24.9. The molecule has 1 rings (SSSR count). The molecule has 7 heavy (non-hydrogen) atoms. The van der Waals surface area contributed by atoms with Crippen LogP contribution in [0.15, 0.2) is 0 Å². The Balaban J connectivity index is 2.28. The van der Waals surface area contributed by atoms with Crippen molar-refractivity contribution in [3.63, 3.8) is 0 Å². The van der Waals surface area contributed by atoms with Gasteiger partial charge in [-0.15, -0.1) is 0 Å². The van der Waals surface area contributed by atoms with Crippen LogP contribution in [0.25, 0.3) is 0 Å². The molecule has 0 aliphatic heterocycles. The second-order valence-corrected chi connectivity index (χ2v) is 3.25. The van der Waals surface area contributed by atoms with Crippen molar-refractivity contribution in [2.24, 2.45) is 5.41 Å². The first-order valence-electron chi connectivity index (χ1n) is 2.89. The highest BCUT2D eigenvalue weighted by atomic mass is 127. The van der Waals surface area contributed by atoms with Crippen LogP contribution in [0.5, 0.6) is 0 Å². The Hall–Kier alpha value is 0.730. The molecule has 1 aliphatic rings. The van der Waals surface area contributed by atoms with E-state index in [1.54, 1.807) is 0 Å². The third kappa shape index (κ3) is 1.09. The lowest BCUT2D eigenvalue weighted by molar-refractivity contribution is 0.571. The molecule has 0 unspecified atom stereocenters. The van der Waals surface area contributed by atoms with Gasteiger partial charge in [0, 0.05) is 4.43 Å². The van der Waals surface area contributed by atoms with Gasteiger partial charge in [0.15, 0.2) is 0 Å². The van der Waals surface area contributed by atoms with E-state index in [4.69, 9.17) is 0 Å². The summed E-state index contributed by atoms with van der Waals surface area (Å²) >= 11 is 2.49. The molecule has 0 amide bonds. The van der Waals surface area contributed by atoms with Crippen LogP contribution in [0.2, 0.25) is 0 Å². The lowest BCUT2D eigenvalue weighted by atomic mass is 10.1. The SMILES string of the molecule is CCC1(CI)CC1. The van der Waals surface area contributed by atoms with Crippen molar-refractivity contribution < 1.29 is 0 Å². The fourth-order valence-corrected chi connectivity index (χ4v) is 2.06. The molecule has 1 fully saturated rings. The maximum Gasteiger partial charge on any atom is 0.00519 e. The Labute approximate surface area is 58.8 Å². The number of rotatable bonds is 2. The molecule has 0 radical (unpaired) electrons. The zero-order chi connectivity index (χ0) is 5.33. The largest absolute Gasteiger partial charge is 0.0858 e. The van der Waals surface area contributed by atoms with Crippen molar-refractivity contribution >= 4 is 22.6 Å². The predicted octanol–water partition coefficient (Wildman–Crippen LogP) is 2.61. The molecule has 0 spiro atoms. The summed E-state index contributed by atoms with van der Waals surface area (Å²) in [4.78, 5) is 0. The quantitative estimate of drug-likeness (QED) is 0.485. The second-order valence-electron chi connectivity index (χ2n) is 2.49. The van der Waals surface area contributed by atoms with Gasteiger partial charge in [-0.2, -0.15) is 0 Å². The lowest BCUT2D eigenvalue weighted by Crippen LogP contribution is -1.96. The van der Waals surface area contributed by atoms with Gasteiger partial charge in [-0.05, 0) is 24.7 Å². The van der Waals surface area contributed by atoms with E-state index in [1.807, 2.05) is 0 Å². The molecule has 0 aromatic heterocycles. The van der Waals surface area contributed by atoms with E-state index in [0.717, 1.165) is 5.41 Å². The molecule has 0 aromatic carbocycles. The highest BCUT2D eigenvalue weighted by Gasteiger charge is 2.38. The predicted molar refractivity (Wildman–Crippen MR) is 40.8 cm³/mol. The van der Waals surface area contributed by atoms with E-state index in [2.05, 4.69) is 29.5 Å². The minimum Gasteiger partial charge on any atom is -0.0858 e. The van der Waals surface area contributed by atoms with E-state index in [0.29, 0.717) is 0 Å². The zero-order valence-electron chi connectivity index (χ0n) is 4.71. The summed E-state index contributed by atoms with van der Waals surface area (Å²) in [6.45, 7) is 2.30. The Morgan fingerprint density at radius 2 is 2.14 bits per heavy atom. The van der Waals surface area contributed by atoms with Crippen LogP contribution in [0.1, 0.15) is 26.2 Å². The Bertz CT molecular complexity index is 58.6. The molecule has 42 valence electrons. The summed E-state index contributed by atoms with van der Waals surface area (Å²) in [7, 11) is 0. The van der Waals surface area contributed by atoms with Crippen LogP contribution in [0.3, 0.4) is 0 Å². The van der Waals surface area contributed by atoms with E-state index < -0.39 is 0 Å². The zero-order valence-corrected chi connectivity index (χ0v) is 6.86. The monoisotopic (exact) mass is 210 g/mol. The van der Waals surface area contributed by atoms with E-state index >= 15 is 0 Å². The topological polar surface area (TPSA) is 0 Å². The van der Waals surface area contributed by atoms with Gasteiger partial charge in [0.2, 0.25) is 0 Å². The van der Waals surface area contributed by atoms with Gasteiger partial charge in [-0.1, -0.05) is 29.5 Å². The van der Waals surface area contributed by atoms with Gasteiger partial charge in [0.05, 0.1) is 0 Å². The summed E-state index contributed by atoms with van der Waals surface area (Å²) in [5.41, 5.74) is 0.820. The van der Waals surface area contributed by atoms with Gasteiger partial charge in [0.1, 0.15) is 0 Å². The summed E-state index contributed by atoms with van der Waals surface area (Å²) in [6.07, 6.45) is 4.38. The minimum absolute atomic E-state index is 0.820. The molecule has 0 bridgehead atoms. The number of hydrogen-bond acceptors (Lipinski definition) is 0. The summed E-state index contributed by atoms with van der Waals surface area (Å²) < 4.78 is 1.38. The van der Waals surface area contributed by atoms with Crippen LogP contribution < -0.4 is 0 Å². The van der Waals surface area contributed by atoms with E-state index in [1.165, 1.54) is 23.7 Å². The average Bonchev–Trinajstić information content (AvgIpc) is 2.46. The van der Waals surface area contributed by atoms with Crippen LogP contribution in [-0.4, -0.2) is 4.43 Å². The Morgan fingerprint density at radius 3 is 2.14 bits per heavy atom. The first-order chi connectivity index (χ1) is 3.33. The number of hydrogen-bond donors (Lipinski definition) is 0. The first-order valence-corrected chi connectivity index (χ1v) is 4.41. The molecule has 1 heteroatoms. The molecule has 1 aliphatic carbocycles. The van der Waals surface area contributed by atoms with Gasteiger partial charge >= 0.3 is 0 Å². The molecule has 0 atom stereocenters. The molecule has 0 aromatic rings. The van der Waals surface area contributed by atoms with Crippen molar-refractivity contribution in [2.75, 3.05) is 4.43 Å². The number of alkyl halides is 1. The molecular weight excluding hydrogens is 199 g/mol. The third-order valence-corrected chi connectivity index (χ3v) is 3.61. The standard InChI is InChI=1S/C6H11I/c1-2-6(5-7)3-4-6/h2-5H2,1H3. The van der Waals surface area contributed by atoms with Crippen molar-refractivity contribution in [2.45, 2.75) is 26.2 Å². The molecule has 1 saturated carbocycles. The van der Waals surface area contributed by atoms with Crippen molar-refractivity contribution in [3.8, 4) is 0 Å². The second kappa shape index (κ2) is 1.92. The summed E-state index contributed by atoms with van der Waals surface area (Å²) in [5.74, 6) is 0. The molecule has 0 saturated heterocycles. The molecule has 0 nitrogen and oxygen atoms in total. The summed E-state index contributed by atoms with van der Waals surface area (Å²) in [6, 6.07) is 0. The van der Waals surface area contributed by atoms with Crippen LogP contribution in [0, 0.1) is 5.41 Å². The van der Waals surface area contributed by atoms with E-state index in [-0.39, 0.29) is 0 Å². The fraction of sp³-hybridized carbons (Fsp3) is 1.00. The first kappa shape index (κ1) is 5.86. The smallest absolute Gasteiger partial charge is 0.00519 e. The molecular formula is C6H11I. The van der Waals surface area contributed by atoms with Crippen molar-refractivity contribution in [3.05, 3.63) is 0 Å². The van der Waals surface area contributed by atoms with Crippen LogP contribution in [0.4, 0.5) is 0 Å². The Morgan fingerprint density at radius 1 is 1.57 bits per heavy atom. The maximum absolute atomic E-state index is 2.49. The fourth-order valence-electron chi connectivity index (χ4n) is 0.758. The molecule has 0 heterocycles. The van der Waals surface area contributed by atoms with Gasteiger partial charge in [0.25, 0.3) is 0 Å². The van der Waals surface area contributed by atoms with Gasteiger partial charge in [-0.25, -0.2) is 0 Å². The summed E-state index contributed by atoms with van der Waals surface area (Å²) in [5, 5.41) is 0.